The molecule has 3 rings (SSSR count). The van der Waals surface area contributed by atoms with E-state index in [0.29, 0.717) is 12.3 Å². The summed E-state index contributed by atoms with van der Waals surface area (Å²) in [5, 5.41) is 0. The fourth-order valence-electron chi connectivity index (χ4n) is 5.81. The van der Waals surface area contributed by atoms with Crippen LogP contribution < -0.4 is 4.74 Å². The molecule has 0 aliphatic heterocycles. The molecule has 2 atom stereocenters. The normalized spacial score (nSPS) is 21.3. The van der Waals surface area contributed by atoms with E-state index in [2.05, 4.69) is 31.2 Å². The first-order valence-electron chi connectivity index (χ1n) is 14.7. The van der Waals surface area contributed by atoms with E-state index in [1.807, 2.05) is 0 Å². The van der Waals surface area contributed by atoms with Crippen molar-refractivity contribution in [1.82, 2.24) is 0 Å². The standard InChI is InChI=1S/C31H50O3/c1-2-3-4-5-6-7-8-9-13-20-31(32)34-30-19-15-14-18-29(30)27-21-23-28(24-22-27)33-25-26-16-11-10-12-17-26/h21-24,26,29-30H,2-20,25H2,1H3. The van der Waals surface area contributed by atoms with E-state index < -0.39 is 0 Å². The largest absolute Gasteiger partial charge is 0.493 e. The van der Waals surface area contributed by atoms with Crippen LogP contribution in [0.4, 0.5) is 0 Å². The predicted octanol–water partition coefficient (Wildman–Crippen LogP) is 9.14. The van der Waals surface area contributed by atoms with Gasteiger partial charge in [0.25, 0.3) is 0 Å². The zero-order valence-electron chi connectivity index (χ0n) is 21.9. The zero-order chi connectivity index (χ0) is 23.8. The quantitative estimate of drug-likeness (QED) is 0.189. The van der Waals surface area contributed by atoms with Crippen molar-refractivity contribution >= 4 is 5.97 Å². The first-order valence-corrected chi connectivity index (χ1v) is 14.7. The number of carbonyl (C=O) groups is 1. The van der Waals surface area contributed by atoms with Gasteiger partial charge in [-0.15, -0.1) is 0 Å². The van der Waals surface area contributed by atoms with Gasteiger partial charge in [0.2, 0.25) is 0 Å². The van der Waals surface area contributed by atoms with Gasteiger partial charge in [0, 0.05) is 12.3 Å². The number of hydrogen-bond donors (Lipinski definition) is 0. The average Bonchev–Trinajstić information content (AvgIpc) is 2.88. The molecule has 0 radical (unpaired) electrons. The van der Waals surface area contributed by atoms with E-state index >= 15 is 0 Å². The van der Waals surface area contributed by atoms with Crippen LogP contribution in [-0.2, 0) is 9.53 Å². The van der Waals surface area contributed by atoms with Crippen LogP contribution in [0.5, 0.6) is 5.75 Å². The topological polar surface area (TPSA) is 35.5 Å². The lowest BCUT2D eigenvalue weighted by atomic mass is 9.81. The molecule has 2 aliphatic rings. The second kappa shape index (κ2) is 16.2. The van der Waals surface area contributed by atoms with Gasteiger partial charge in [-0.3, -0.25) is 4.79 Å². The van der Waals surface area contributed by atoms with Gasteiger partial charge in [0.1, 0.15) is 11.9 Å². The molecular formula is C31H50O3. The van der Waals surface area contributed by atoms with Crippen LogP contribution in [-0.4, -0.2) is 18.7 Å². The van der Waals surface area contributed by atoms with Gasteiger partial charge in [0.15, 0.2) is 0 Å². The van der Waals surface area contributed by atoms with Gasteiger partial charge in [0.05, 0.1) is 6.61 Å². The molecule has 2 saturated carbocycles. The van der Waals surface area contributed by atoms with Gasteiger partial charge < -0.3 is 9.47 Å². The van der Waals surface area contributed by atoms with Crippen molar-refractivity contribution in [2.45, 2.75) is 141 Å². The molecule has 0 spiro atoms. The molecule has 0 heterocycles. The molecule has 0 saturated heterocycles. The van der Waals surface area contributed by atoms with Crippen LogP contribution in [0.25, 0.3) is 0 Å². The minimum atomic E-state index is 0.00674. The lowest BCUT2D eigenvalue weighted by Crippen LogP contribution is -2.28. The zero-order valence-corrected chi connectivity index (χ0v) is 21.9. The Labute approximate surface area is 209 Å². The van der Waals surface area contributed by atoms with Crippen LogP contribution >= 0.6 is 0 Å². The Morgan fingerprint density at radius 2 is 1.38 bits per heavy atom. The van der Waals surface area contributed by atoms with E-state index in [9.17, 15) is 4.79 Å². The summed E-state index contributed by atoms with van der Waals surface area (Å²) in [6.45, 7) is 3.11. The minimum absolute atomic E-state index is 0.00674. The molecule has 0 bridgehead atoms. The predicted molar refractivity (Wildman–Crippen MR) is 141 cm³/mol. The first-order chi connectivity index (χ1) is 16.8. The fraction of sp³-hybridized carbons (Fsp3) is 0.774. The van der Waals surface area contributed by atoms with Gasteiger partial charge >= 0.3 is 5.97 Å². The Hall–Kier alpha value is -1.51. The molecule has 3 nitrogen and oxygen atoms in total. The highest BCUT2D eigenvalue weighted by molar-refractivity contribution is 5.69. The molecule has 2 aliphatic carbocycles. The maximum absolute atomic E-state index is 12.5. The molecule has 0 amide bonds. The number of carbonyl (C=O) groups excluding carboxylic acids is 1. The van der Waals surface area contributed by atoms with Crippen LogP contribution in [0.2, 0.25) is 0 Å². The number of benzene rings is 1. The average molecular weight is 471 g/mol. The van der Waals surface area contributed by atoms with Gasteiger partial charge in [-0.2, -0.15) is 0 Å². The maximum atomic E-state index is 12.5. The molecule has 2 unspecified atom stereocenters. The van der Waals surface area contributed by atoms with Gasteiger partial charge in [-0.25, -0.2) is 0 Å². The van der Waals surface area contributed by atoms with Gasteiger partial charge in [-0.1, -0.05) is 96.1 Å². The smallest absolute Gasteiger partial charge is 0.306 e. The Morgan fingerprint density at radius 3 is 2.09 bits per heavy atom. The lowest BCUT2D eigenvalue weighted by Gasteiger charge is -2.31. The number of unbranched alkanes of at least 4 members (excludes halogenated alkanes) is 8. The number of ether oxygens (including phenoxy) is 2. The highest BCUT2D eigenvalue weighted by Crippen LogP contribution is 2.36. The summed E-state index contributed by atoms with van der Waals surface area (Å²) in [5.74, 6) is 2.03. The highest BCUT2D eigenvalue weighted by Gasteiger charge is 2.29. The van der Waals surface area contributed by atoms with Crippen molar-refractivity contribution in [3.8, 4) is 5.75 Å². The SMILES string of the molecule is CCCCCCCCCCCC(=O)OC1CCCCC1c1ccc(OCC2CCCCC2)cc1. The van der Waals surface area contributed by atoms with E-state index in [4.69, 9.17) is 9.47 Å². The second-order valence-electron chi connectivity index (χ2n) is 10.9. The van der Waals surface area contributed by atoms with Crippen LogP contribution in [0.3, 0.4) is 0 Å². The molecule has 0 aromatic heterocycles. The summed E-state index contributed by atoms with van der Waals surface area (Å²) in [6, 6.07) is 8.64. The third-order valence-corrected chi connectivity index (χ3v) is 7.99. The van der Waals surface area contributed by atoms with Crippen LogP contribution in [0, 0.1) is 5.92 Å². The summed E-state index contributed by atoms with van der Waals surface area (Å²) in [4.78, 5) is 12.5. The van der Waals surface area contributed by atoms with Crippen molar-refractivity contribution < 1.29 is 14.3 Å². The third-order valence-electron chi connectivity index (χ3n) is 7.99. The van der Waals surface area contributed by atoms with Gasteiger partial charge in [-0.05, 0) is 62.1 Å². The van der Waals surface area contributed by atoms with Crippen molar-refractivity contribution in [2.75, 3.05) is 6.61 Å². The molecule has 1 aromatic rings. The summed E-state index contributed by atoms with van der Waals surface area (Å²) in [6.07, 6.45) is 23.3. The van der Waals surface area contributed by atoms with E-state index in [1.54, 1.807) is 0 Å². The number of rotatable bonds is 15. The molecule has 1 aromatic carbocycles. The number of esters is 1. The maximum Gasteiger partial charge on any atom is 0.306 e. The summed E-state index contributed by atoms with van der Waals surface area (Å²) >= 11 is 0. The second-order valence-corrected chi connectivity index (χ2v) is 10.9. The summed E-state index contributed by atoms with van der Waals surface area (Å²) in [5.41, 5.74) is 1.30. The Morgan fingerprint density at radius 1 is 0.765 bits per heavy atom. The molecule has 0 N–H and O–H groups in total. The van der Waals surface area contributed by atoms with Crippen LogP contribution in [0.15, 0.2) is 24.3 Å². The molecule has 2 fully saturated rings. The van der Waals surface area contributed by atoms with Crippen LogP contribution in [0.1, 0.15) is 140 Å². The fourth-order valence-corrected chi connectivity index (χ4v) is 5.81. The van der Waals surface area contributed by atoms with E-state index in [0.717, 1.165) is 50.4 Å². The summed E-state index contributed by atoms with van der Waals surface area (Å²) in [7, 11) is 0. The number of hydrogen-bond acceptors (Lipinski definition) is 3. The Balaban J connectivity index is 1.35. The third kappa shape index (κ3) is 10.0. The van der Waals surface area contributed by atoms with E-state index in [1.165, 1.54) is 89.0 Å². The lowest BCUT2D eigenvalue weighted by molar-refractivity contribution is -0.151. The minimum Gasteiger partial charge on any atom is -0.493 e. The molecule has 34 heavy (non-hydrogen) atoms. The molecule has 192 valence electrons. The molecule has 3 heteroatoms. The van der Waals surface area contributed by atoms with E-state index in [-0.39, 0.29) is 12.1 Å². The molecular weight excluding hydrogens is 420 g/mol. The highest BCUT2D eigenvalue weighted by atomic mass is 16.5. The Bertz CT molecular complexity index is 662. The van der Waals surface area contributed by atoms with Crippen molar-refractivity contribution in [1.29, 1.82) is 0 Å². The Kier molecular flexibility index (Phi) is 12.9. The first kappa shape index (κ1) is 27.1. The van der Waals surface area contributed by atoms with Crippen molar-refractivity contribution in [2.24, 2.45) is 5.92 Å². The van der Waals surface area contributed by atoms with Crippen molar-refractivity contribution in [3.05, 3.63) is 29.8 Å². The summed E-state index contributed by atoms with van der Waals surface area (Å²) < 4.78 is 12.1. The monoisotopic (exact) mass is 470 g/mol. The van der Waals surface area contributed by atoms with Crippen molar-refractivity contribution in [3.63, 3.8) is 0 Å².